The van der Waals surface area contributed by atoms with Crippen LogP contribution in [0.3, 0.4) is 0 Å². The van der Waals surface area contributed by atoms with Crippen LogP contribution in [0.5, 0.6) is 5.75 Å². The molecule has 1 aliphatic heterocycles. The van der Waals surface area contributed by atoms with E-state index >= 15 is 0 Å². The van der Waals surface area contributed by atoms with E-state index in [2.05, 4.69) is 20.2 Å². The molecule has 2 aromatic carbocycles. The van der Waals surface area contributed by atoms with Gasteiger partial charge in [0.15, 0.2) is 0 Å². The van der Waals surface area contributed by atoms with Gasteiger partial charge >= 0.3 is 0 Å². The molecule has 4 aromatic rings. The molecule has 176 valence electrons. The third-order valence-electron chi connectivity index (χ3n) is 6.55. The highest BCUT2D eigenvalue weighted by atomic mass is 16.5. The smallest absolute Gasteiger partial charge is 0.227 e. The normalized spacial score (nSPS) is 21.1. The summed E-state index contributed by atoms with van der Waals surface area (Å²) in [6.45, 7) is 3.11. The number of morpholine rings is 1. The summed E-state index contributed by atoms with van der Waals surface area (Å²) in [6, 6.07) is 11.9. The number of aromatic nitrogens is 4. The van der Waals surface area contributed by atoms with Crippen LogP contribution >= 0.6 is 0 Å². The van der Waals surface area contributed by atoms with Crippen molar-refractivity contribution in [2.75, 3.05) is 36.5 Å². The maximum atomic E-state index is 9.78. The summed E-state index contributed by atoms with van der Waals surface area (Å²) in [4.78, 5) is 19.6. The number of aliphatic hydroxyl groups is 1. The number of anilines is 3. The number of aromatic amines is 1. The molecule has 3 N–H and O–H groups in total. The van der Waals surface area contributed by atoms with Crippen LogP contribution in [0.1, 0.15) is 25.7 Å². The minimum Gasteiger partial charge on any atom is -0.488 e. The van der Waals surface area contributed by atoms with E-state index < -0.39 is 0 Å². The highest BCUT2D eigenvalue weighted by molar-refractivity contribution is 5.86. The zero-order valence-electron chi connectivity index (χ0n) is 18.9. The monoisotopic (exact) mass is 460 g/mol. The number of fused-ring (bicyclic) bond motifs is 2. The fourth-order valence-corrected chi connectivity index (χ4v) is 4.65. The van der Waals surface area contributed by atoms with Gasteiger partial charge in [-0.3, -0.25) is 0 Å². The van der Waals surface area contributed by atoms with Gasteiger partial charge in [0.1, 0.15) is 11.3 Å². The average Bonchev–Trinajstić information content (AvgIpc) is 3.30. The molecule has 2 aromatic heterocycles. The SMILES string of the molecule is OC1CCC(Oc2cccc3cnc(Nc4ccc5nc(N6CCOCC6)[nH]c5c4)nc23)CC1. The Hall–Kier alpha value is -3.43. The van der Waals surface area contributed by atoms with Gasteiger partial charge in [-0.05, 0) is 49.9 Å². The predicted molar refractivity (Wildman–Crippen MR) is 131 cm³/mol. The van der Waals surface area contributed by atoms with E-state index in [4.69, 9.17) is 19.4 Å². The van der Waals surface area contributed by atoms with Crippen LogP contribution < -0.4 is 15.0 Å². The third-order valence-corrected chi connectivity index (χ3v) is 6.55. The van der Waals surface area contributed by atoms with Gasteiger partial charge in [-0.15, -0.1) is 0 Å². The fraction of sp³-hybridized carbons (Fsp3) is 0.400. The molecule has 0 unspecified atom stereocenters. The van der Waals surface area contributed by atoms with Gasteiger partial charge in [-0.2, -0.15) is 0 Å². The zero-order valence-corrected chi connectivity index (χ0v) is 18.9. The lowest BCUT2D eigenvalue weighted by atomic mass is 9.95. The van der Waals surface area contributed by atoms with Crippen LogP contribution in [-0.2, 0) is 4.74 Å². The standard InChI is InChI=1S/C25H28N6O3/c32-18-5-7-19(8-6-18)34-22-3-1-2-16-15-26-24(30-23(16)22)27-17-4-9-20-21(14-17)29-25(28-20)31-10-12-33-13-11-31/h1-4,9,14-15,18-19,32H,5-8,10-13H2,(H,28,29)(H,26,27,30). The van der Waals surface area contributed by atoms with E-state index in [0.717, 1.165) is 91.3 Å². The van der Waals surface area contributed by atoms with Gasteiger partial charge in [0, 0.05) is 30.4 Å². The van der Waals surface area contributed by atoms with Gasteiger partial charge < -0.3 is 29.8 Å². The van der Waals surface area contributed by atoms with Crippen LogP contribution in [0.25, 0.3) is 21.9 Å². The molecule has 9 nitrogen and oxygen atoms in total. The number of ether oxygens (including phenoxy) is 2. The van der Waals surface area contributed by atoms with Gasteiger partial charge in [0.2, 0.25) is 11.9 Å². The average molecular weight is 461 g/mol. The van der Waals surface area contributed by atoms with Crippen LogP contribution in [0.4, 0.5) is 17.6 Å². The van der Waals surface area contributed by atoms with Gasteiger partial charge in [0.05, 0.1) is 36.5 Å². The van der Waals surface area contributed by atoms with Crippen molar-refractivity contribution in [1.82, 2.24) is 19.9 Å². The van der Waals surface area contributed by atoms with Crippen molar-refractivity contribution in [2.24, 2.45) is 0 Å². The van der Waals surface area contributed by atoms with Crippen LogP contribution in [-0.4, -0.2) is 63.6 Å². The Morgan fingerprint density at radius 1 is 1.06 bits per heavy atom. The summed E-state index contributed by atoms with van der Waals surface area (Å²) >= 11 is 0. The molecule has 1 saturated heterocycles. The third kappa shape index (κ3) is 4.36. The summed E-state index contributed by atoms with van der Waals surface area (Å²) in [7, 11) is 0. The molecule has 3 heterocycles. The van der Waals surface area contributed by atoms with Crippen molar-refractivity contribution in [1.29, 1.82) is 0 Å². The van der Waals surface area contributed by atoms with E-state index in [1.165, 1.54) is 0 Å². The van der Waals surface area contributed by atoms with Gasteiger partial charge in [0.25, 0.3) is 0 Å². The number of hydrogen-bond donors (Lipinski definition) is 3. The number of aliphatic hydroxyl groups excluding tert-OH is 1. The quantitative estimate of drug-likeness (QED) is 0.413. The molecule has 0 atom stereocenters. The first-order chi connectivity index (χ1) is 16.7. The molecular formula is C25H28N6O3. The van der Waals surface area contributed by atoms with Gasteiger partial charge in [-0.1, -0.05) is 12.1 Å². The summed E-state index contributed by atoms with van der Waals surface area (Å²) in [6.07, 6.45) is 4.97. The maximum Gasteiger partial charge on any atom is 0.227 e. The molecule has 2 fully saturated rings. The summed E-state index contributed by atoms with van der Waals surface area (Å²) in [5.74, 6) is 2.13. The lowest BCUT2D eigenvalue weighted by molar-refractivity contribution is 0.0672. The van der Waals surface area contributed by atoms with E-state index in [1.54, 1.807) is 0 Å². The van der Waals surface area contributed by atoms with Gasteiger partial charge in [-0.25, -0.2) is 15.0 Å². The largest absolute Gasteiger partial charge is 0.488 e. The van der Waals surface area contributed by atoms with Crippen molar-refractivity contribution in [2.45, 2.75) is 37.9 Å². The number of benzene rings is 2. The molecule has 9 heteroatoms. The molecule has 1 saturated carbocycles. The molecule has 0 bridgehead atoms. The van der Waals surface area contributed by atoms with E-state index in [9.17, 15) is 5.11 Å². The Kier molecular flexibility index (Phi) is 5.64. The summed E-state index contributed by atoms with van der Waals surface area (Å²) in [5, 5.41) is 14.0. The van der Waals surface area contributed by atoms with Crippen molar-refractivity contribution >= 4 is 39.5 Å². The Bertz CT molecular complexity index is 1290. The maximum absolute atomic E-state index is 9.78. The first-order valence-corrected chi connectivity index (χ1v) is 11.9. The molecule has 6 rings (SSSR count). The van der Waals surface area contributed by atoms with Crippen LogP contribution in [0.2, 0.25) is 0 Å². The Morgan fingerprint density at radius 3 is 2.76 bits per heavy atom. The van der Waals surface area contributed by atoms with Crippen molar-refractivity contribution in [3.63, 3.8) is 0 Å². The first-order valence-electron chi connectivity index (χ1n) is 11.9. The number of nitrogens with one attached hydrogen (secondary N) is 2. The zero-order chi connectivity index (χ0) is 22.9. The fourth-order valence-electron chi connectivity index (χ4n) is 4.65. The molecule has 0 spiro atoms. The molecule has 1 aliphatic carbocycles. The molecule has 0 amide bonds. The lowest BCUT2D eigenvalue weighted by Crippen LogP contribution is -2.36. The topological polar surface area (TPSA) is 108 Å². The number of imidazole rings is 1. The second-order valence-corrected chi connectivity index (χ2v) is 8.95. The first kappa shape index (κ1) is 21.1. The number of nitrogens with zero attached hydrogens (tertiary/aromatic N) is 4. The van der Waals surface area contributed by atoms with Crippen molar-refractivity contribution in [3.8, 4) is 5.75 Å². The second-order valence-electron chi connectivity index (χ2n) is 8.95. The highest BCUT2D eigenvalue weighted by Gasteiger charge is 2.22. The molecule has 2 aliphatic rings. The molecule has 0 radical (unpaired) electrons. The Balaban J connectivity index is 1.23. The van der Waals surface area contributed by atoms with Crippen LogP contribution in [0, 0.1) is 0 Å². The lowest BCUT2D eigenvalue weighted by Gasteiger charge is -2.26. The number of rotatable bonds is 5. The number of hydrogen-bond acceptors (Lipinski definition) is 8. The number of para-hydroxylation sites is 1. The Labute approximate surface area is 197 Å². The molecule has 34 heavy (non-hydrogen) atoms. The van der Waals surface area contributed by atoms with Crippen molar-refractivity contribution in [3.05, 3.63) is 42.6 Å². The minimum atomic E-state index is -0.206. The second kappa shape index (κ2) is 9.08. The van der Waals surface area contributed by atoms with Crippen molar-refractivity contribution < 1.29 is 14.6 Å². The number of H-pyrrole nitrogens is 1. The van der Waals surface area contributed by atoms with E-state index in [0.29, 0.717) is 5.95 Å². The minimum absolute atomic E-state index is 0.101. The summed E-state index contributed by atoms with van der Waals surface area (Å²) in [5.41, 5.74) is 3.53. The highest BCUT2D eigenvalue weighted by Crippen LogP contribution is 2.30. The predicted octanol–water partition coefficient (Wildman–Crippen LogP) is 3.77. The molecular weight excluding hydrogens is 432 g/mol. The summed E-state index contributed by atoms with van der Waals surface area (Å²) < 4.78 is 11.7. The van der Waals surface area contributed by atoms with E-state index in [-0.39, 0.29) is 12.2 Å². The van der Waals surface area contributed by atoms with Crippen LogP contribution in [0.15, 0.2) is 42.6 Å². The Morgan fingerprint density at radius 2 is 1.91 bits per heavy atom. The van der Waals surface area contributed by atoms with E-state index in [1.807, 2.05) is 42.6 Å².